The van der Waals surface area contributed by atoms with Crippen LogP contribution in [0.15, 0.2) is 30.3 Å². The third kappa shape index (κ3) is 5.37. The number of likely N-dealkylation sites (N-methyl/N-ethyl adjacent to an activating group) is 1. The minimum Gasteiger partial charge on any atom is -0.480 e. The standard InChI is InChI=1S/C16H23N3O4/c1-10(17)15(21)19(3)13(9-12-7-5-4-6-8-12)14(20)18-11(2)16(22)23/h4-8,10-11,13H,9,17H2,1-3H3,(H,18,20)(H,22,23)/t10-,11-,13-/m0/s1. The van der Waals surface area contributed by atoms with E-state index in [0.717, 1.165) is 5.56 Å². The fourth-order valence-electron chi connectivity index (χ4n) is 2.09. The average Bonchev–Trinajstić information content (AvgIpc) is 2.51. The van der Waals surface area contributed by atoms with Gasteiger partial charge in [-0.3, -0.25) is 14.4 Å². The topological polar surface area (TPSA) is 113 Å². The van der Waals surface area contributed by atoms with Gasteiger partial charge in [-0.1, -0.05) is 30.3 Å². The molecule has 0 aromatic heterocycles. The Morgan fingerprint density at radius 3 is 2.26 bits per heavy atom. The Kier molecular flexibility index (Phi) is 6.71. The van der Waals surface area contributed by atoms with E-state index >= 15 is 0 Å². The number of hydrogen-bond donors (Lipinski definition) is 3. The highest BCUT2D eigenvalue weighted by molar-refractivity contribution is 5.91. The Bertz CT molecular complexity index is 560. The molecule has 23 heavy (non-hydrogen) atoms. The predicted molar refractivity (Wildman–Crippen MR) is 85.6 cm³/mol. The maximum atomic E-state index is 12.4. The van der Waals surface area contributed by atoms with E-state index in [1.165, 1.54) is 25.8 Å². The number of hydrogen-bond acceptors (Lipinski definition) is 4. The van der Waals surface area contributed by atoms with Crippen LogP contribution in [0.25, 0.3) is 0 Å². The molecular formula is C16H23N3O4. The summed E-state index contributed by atoms with van der Waals surface area (Å²) < 4.78 is 0. The van der Waals surface area contributed by atoms with Gasteiger partial charge >= 0.3 is 5.97 Å². The van der Waals surface area contributed by atoms with Gasteiger partial charge in [0.25, 0.3) is 0 Å². The average molecular weight is 321 g/mol. The van der Waals surface area contributed by atoms with E-state index in [4.69, 9.17) is 10.8 Å². The lowest BCUT2D eigenvalue weighted by Crippen LogP contribution is -2.54. The molecule has 1 aromatic carbocycles. The summed E-state index contributed by atoms with van der Waals surface area (Å²) in [6.07, 6.45) is 0.272. The zero-order valence-electron chi connectivity index (χ0n) is 13.5. The molecule has 4 N–H and O–H groups in total. The van der Waals surface area contributed by atoms with E-state index in [1.807, 2.05) is 30.3 Å². The second kappa shape index (κ2) is 8.28. The number of amides is 2. The molecule has 7 heteroatoms. The van der Waals surface area contributed by atoms with Gasteiger partial charge in [-0.15, -0.1) is 0 Å². The summed E-state index contributed by atoms with van der Waals surface area (Å²) >= 11 is 0. The first-order valence-electron chi connectivity index (χ1n) is 7.33. The molecule has 7 nitrogen and oxygen atoms in total. The van der Waals surface area contributed by atoms with Crippen molar-refractivity contribution in [1.29, 1.82) is 0 Å². The Hall–Kier alpha value is -2.41. The number of rotatable bonds is 7. The molecule has 0 unspecified atom stereocenters. The van der Waals surface area contributed by atoms with Gasteiger partial charge in [0.05, 0.1) is 6.04 Å². The number of carbonyl (C=O) groups is 3. The molecular weight excluding hydrogens is 298 g/mol. The number of nitrogens with one attached hydrogen (secondary N) is 1. The summed E-state index contributed by atoms with van der Waals surface area (Å²) in [5.74, 6) is -2.05. The largest absolute Gasteiger partial charge is 0.480 e. The molecule has 0 spiro atoms. The highest BCUT2D eigenvalue weighted by atomic mass is 16.4. The molecule has 1 rings (SSSR count). The molecule has 0 aliphatic heterocycles. The van der Waals surface area contributed by atoms with Crippen molar-refractivity contribution < 1.29 is 19.5 Å². The number of carboxylic acid groups (broad SMARTS) is 1. The summed E-state index contributed by atoms with van der Waals surface area (Å²) in [4.78, 5) is 36.7. The molecule has 0 aliphatic carbocycles. The zero-order chi connectivity index (χ0) is 17.6. The zero-order valence-corrected chi connectivity index (χ0v) is 13.5. The van der Waals surface area contributed by atoms with Crippen molar-refractivity contribution in [2.75, 3.05) is 7.05 Å². The Morgan fingerprint density at radius 1 is 1.22 bits per heavy atom. The first-order chi connectivity index (χ1) is 10.7. The molecule has 0 radical (unpaired) electrons. The molecule has 0 saturated carbocycles. The quantitative estimate of drug-likeness (QED) is 0.654. The van der Waals surface area contributed by atoms with Crippen LogP contribution in [0.2, 0.25) is 0 Å². The van der Waals surface area contributed by atoms with E-state index < -0.39 is 30.0 Å². The van der Waals surface area contributed by atoms with Gasteiger partial charge in [-0.25, -0.2) is 0 Å². The van der Waals surface area contributed by atoms with Gasteiger partial charge < -0.3 is 21.1 Å². The van der Waals surface area contributed by atoms with Crippen molar-refractivity contribution in [3.8, 4) is 0 Å². The summed E-state index contributed by atoms with van der Waals surface area (Å²) in [7, 11) is 1.49. The smallest absolute Gasteiger partial charge is 0.325 e. The van der Waals surface area contributed by atoms with Gasteiger partial charge in [0, 0.05) is 13.5 Å². The van der Waals surface area contributed by atoms with E-state index in [9.17, 15) is 14.4 Å². The molecule has 126 valence electrons. The highest BCUT2D eigenvalue weighted by Gasteiger charge is 2.30. The van der Waals surface area contributed by atoms with Crippen LogP contribution < -0.4 is 11.1 Å². The molecule has 0 saturated heterocycles. The molecule has 0 bridgehead atoms. The summed E-state index contributed by atoms with van der Waals surface area (Å²) in [6.45, 7) is 2.91. The van der Waals surface area contributed by atoms with Crippen molar-refractivity contribution in [2.24, 2.45) is 5.73 Å². The minimum atomic E-state index is -1.14. The third-order valence-corrected chi connectivity index (χ3v) is 3.51. The summed E-state index contributed by atoms with van der Waals surface area (Å²) in [5.41, 5.74) is 6.46. The van der Waals surface area contributed by atoms with Crippen LogP contribution in [0, 0.1) is 0 Å². The van der Waals surface area contributed by atoms with Crippen molar-refractivity contribution in [3.63, 3.8) is 0 Å². The van der Waals surface area contributed by atoms with Crippen molar-refractivity contribution in [3.05, 3.63) is 35.9 Å². The molecule has 0 heterocycles. The number of carbonyl (C=O) groups excluding carboxylic acids is 2. The lowest BCUT2D eigenvalue weighted by Gasteiger charge is -2.29. The van der Waals surface area contributed by atoms with Crippen LogP contribution in [0.4, 0.5) is 0 Å². The van der Waals surface area contributed by atoms with E-state index in [2.05, 4.69) is 5.32 Å². The van der Waals surface area contributed by atoms with Crippen molar-refractivity contribution >= 4 is 17.8 Å². The van der Waals surface area contributed by atoms with Crippen LogP contribution in [-0.2, 0) is 20.8 Å². The van der Waals surface area contributed by atoms with E-state index in [0.29, 0.717) is 0 Å². The van der Waals surface area contributed by atoms with Crippen LogP contribution in [-0.4, -0.2) is 53.0 Å². The second-order valence-electron chi connectivity index (χ2n) is 5.51. The maximum Gasteiger partial charge on any atom is 0.325 e. The third-order valence-electron chi connectivity index (χ3n) is 3.51. The molecule has 0 aliphatic rings. The fourth-order valence-corrected chi connectivity index (χ4v) is 2.09. The van der Waals surface area contributed by atoms with Crippen molar-refractivity contribution in [2.45, 2.75) is 38.4 Å². The lowest BCUT2D eigenvalue weighted by molar-refractivity contribution is -0.144. The number of nitrogens with zero attached hydrogens (tertiary/aromatic N) is 1. The second-order valence-corrected chi connectivity index (χ2v) is 5.51. The first-order valence-corrected chi connectivity index (χ1v) is 7.33. The van der Waals surface area contributed by atoms with Crippen LogP contribution in [0.5, 0.6) is 0 Å². The Balaban J connectivity index is 2.98. The van der Waals surface area contributed by atoms with Gasteiger partial charge in [0.2, 0.25) is 11.8 Å². The van der Waals surface area contributed by atoms with Gasteiger partial charge in [0.15, 0.2) is 0 Å². The number of benzene rings is 1. The van der Waals surface area contributed by atoms with Gasteiger partial charge in [-0.05, 0) is 19.4 Å². The van der Waals surface area contributed by atoms with Gasteiger partial charge in [0.1, 0.15) is 12.1 Å². The molecule has 1 aromatic rings. The first kappa shape index (κ1) is 18.6. The van der Waals surface area contributed by atoms with Crippen LogP contribution >= 0.6 is 0 Å². The van der Waals surface area contributed by atoms with Crippen molar-refractivity contribution in [1.82, 2.24) is 10.2 Å². The van der Waals surface area contributed by atoms with E-state index in [1.54, 1.807) is 0 Å². The van der Waals surface area contributed by atoms with Crippen LogP contribution in [0.1, 0.15) is 19.4 Å². The minimum absolute atomic E-state index is 0.272. The molecule has 2 amide bonds. The highest BCUT2D eigenvalue weighted by Crippen LogP contribution is 2.10. The monoisotopic (exact) mass is 321 g/mol. The SMILES string of the molecule is C[C@H](N)C(=O)N(C)[C@@H](Cc1ccccc1)C(=O)N[C@@H](C)C(=O)O. The molecule has 0 fully saturated rings. The Labute approximate surface area is 135 Å². The molecule has 3 atom stereocenters. The summed E-state index contributed by atoms with van der Waals surface area (Å²) in [6, 6.07) is 6.56. The van der Waals surface area contributed by atoms with Gasteiger partial charge in [-0.2, -0.15) is 0 Å². The van der Waals surface area contributed by atoms with E-state index in [-0.39, 0.29) is 12.3 Å². The van der Waals surface area contributed by atoms with Crippen LogP contribution in [0.3, 0.4) is 0 Å². The normalized spacial score (nSPS) is 14.4. The lowest BCUT2D eigenvalue weighted by atomic mass is 10.0. The number of aliphatic carboxylic acids is 1. The number of nitrogens with two attached hydrogens (primary N) is 1. The Morgan fingerprint density at radius 2 is 1.78 bits per heavy atom. The predicted octanol–water partition coefficient (Wildman–Crippen LogP) is -0.00740. The maximum absolute atomic E-state index is 12.4. The number of carboxylic acids is 1. The summed E-state index contributed by atoms with van der Waals surface area (Å²) in [5, 5.41) is 11.3. The fraction of sp³-hybridized carbons (Fsp3) is 0.438.